The second-order valence-corrected chi connectivity index (χ2v) is 7.82. The van der Waals surface area contributed by atoms with E-state index < -0.39 is 0 Å². The predicted molar refractivity (Wildman–Crippen MR) is 127 cm³/mol. The third kappa shape index (κ3) is 4.06. The maximum atomic E-state index is 12.9. The number of pyridine rings is 1. The summed E-state index contributed by atoms with van der Waals surface area (Å²) in [6.07, 6.45) is 5.68. The molecule has 3 heterocycles. The third-order valence-corrected chi connectivity index (χ3v) is 5.68. The van der Waals surface area contributed by atoms with Crippen molar-refractivity contribution in [1.29, 1.82) is 0 Å². The standard InChI is InChI=1S/C25H23N7O/c1-31-22(13-17-5-3-2-4-6-17)20(15-30-31)25(33)28-14-18-7-9-19(10-8-18)32-16-29-23-21(32)11-12-27-24(23)26/h2-12,15-16H,13-14H2,1H3,(H2,26,27)(H,28,33). The molecule has 0 unspecified atom stereocenters. The Morgan fingerprint density at radius 1 is 1.00 bits per heavy atom. The van der Waals surface area contributed by atoms with Crippen molar-refractivity contribution >= 4 is 22.8 Å². The number of nitrogens with two attached hydrogens (primary N) is 1. The van der Waals surface area contributed by atoms with Gasteiger partial charge in [-0.3, -0.25) is 14.0 Å². The second-order valence-electron chi connectivity index (χ2n) is 7.82. The molecule has 33 heavy (non-hydrogen) atoms. The molecule has 8 heteroatoms. The maximum Gasteiger partial charge on any atom is 0.255 e. The molecule has 8 nitrogen and oxygen atoms in total. The summed E-state index contributed by atoms with van der Waals surface area (Å²) in [6, 6.07) is 19.9. The zero-order valence-corrected chi connectivity index (χ0v) is 18.1. The smallest absolute Gasteiger partial charge is 0.255 e. The number of nitrogens with one attached hydrogen (secondary N) is 1. The molecule has 0 fully saturated rings. The van der Waals surface area contributed by atoms with Gasteiger partial charge in [0.05, 0.1) is 23.0 Å². The first kappa shape index (κ1) is 20.4. The number of amides is 1. The molecular formula is C25H23N7O. The van der Waals surface area contributed by atoms with Gasteiger partial charge in [-0.2, -0.15) is 5.10 Å². The Balaban J connectivity index is 1.28. The molecule has 0 aliphatic carbocycles. The summed E-state index contributed by atoms with van der Waals surface area (Å²) >= 11 is 0. The number of benzene rings is 2. The van der Waals surface area contributed by atoms with Gasteiger partial charge < -0.3 is 11.1 Å². The molecule has 3 N–H and O–H groups in total. The van der Waals surface area contributed by atoms with E-state index in [1.54, 1.807) is 23.4 Å². The van der Waals surface area contributed by atoms with Crippen molar-refractivity contribution in [2.75, 3.05) is 5.73 Å². The molecule has 0 aliphatic heterocycles. The normalized spacial score (nSPS) is 11.1. The minimum absolute atomic E-state index is 0.137. The Labute approximate surface area is 190 Å². The summed E-state index contributed by atoms with van der Waals surface area (Å²) in [7, 11) is 1.86. The molecule has 5 aromatic rings. The van der Waals surface area contributed by atoms with E-state index in [-0.39, 0.29) is 5.91 Å². The number of fused-ring (bicyclic) bond motifs is 1. The summed E-state index contributed by atoms with van der Waals surface area (Å²) in [4.78, 5) is 21.3. The van der Waals surface area contributed by atoms with Crippen molar-refractivity contribution in [3.05, 3.63) is 102 Å². The highest BCUT2D eigenvalue weighted by atomic mass is 16.1. The van der Waals surface area contributed by atoms with Gasteiger partial charge in [-0.15, -0.1) is 0 Å². The first-order valence-corrected chi connectivity index (χ1v) is 10.6. The lowest BCUT2D eigenvalue weighted by Gasteiger charge is -2.09. The Hall–Kier alpha value is -4.46. The van der Waals surface area contributed by atoms with Gasteiger partial charge in [-0.1, -0.05) is 42.5 Å². The van der Waals surface area contributed by atoms with Crippen molar-refractivity contribution in [2.24, 2.45) is 7.05 Å². The summed E-state index contributed by atoms with van der Waals surface area (Å²) in [5.74, 6) is 0.273. The monoisotopic (exact) mass is 437 g/mol. The molecule has 164 valence electrons. The molecule has 0 saturated carbocycles. The number of carbonyl (C=O) groups is 1. The van der Waals surface area contributed by atoms with Crippen LogP contribution < -0.4 is 11.1 Å². The maximum absolute atomic E-state index is 12.9. The van der Waals surface area contributed by atoms with Crippen LogP contribution in [0, 0.1) is 0 Å². The highest BCUT2D eigenvalue weighted by Crippen LogP contribution is 2.21. The number of aryl methyl sites for hydroxylation is 1. The highest BCUT2D eigenvalue weighted by molar-refractivity contribution is 5.95. The van der Waals surface area contributed by atoms with Gasteiger partial charge in [0.15, 0.2) is 5.82 Å². The van der Waals surface area contributed by atoms with Gasteiger partial charge in [0.2, 0.25) is 0 Å². The predicted octanol–water partition coefficient (Wildman–Crippen LogP) is 3.26. The Morgan fingerprint density at radius 2 is 1.79 bits per heavy atom. The van der Waals surface area contributed by atoms with Crippen LogP contribution in [-0.4, -0.2) is 30.2 Å². The molecule has 0 saturated heterocycles. The van der Waals surface area contributed by atoms with Crippen LogP contribution in [0.3, 0.4) is 0 Å². The first-order chi connectivity index (χ1) is 16.1. The molecular weight excluding hydrogens is 414 g/mol. The van der Waals surface area contributed by atoms with Crippen LogP contribution >= 0.6 is 0 Å². The van der Waals surface area contributed by atoms with E-state index in [4.69, 9.17) is 5.73 Å². The molecule has 0 radical (unpaired) electrons. The fourth-order valence-corrected chi connectivity index (χ4v) is 3.87. The summed E-state index contributed by atoms with van der Waals surface area (Å²) in [5, 5.41) is 7.30. The number of nitrogens with zero attached hydrogens (tertiary/aromatic N) is 5. The molecule has 0 spiro atoms. The van der Waals surface area contributed by atoms with E-state index in [9.17, 15) is 4.79 Å². The summed E-state index contributed by atoms with van der Waals surface area (Å²) < 4.78 is 3.72. The van der Waals surface area contributed by atoms with Crippen LogP contribution in [0.4, 0.5) is 5.82 Å². The summed E-state index contributed by atoms with van der Waals surface area (Å²) in [6.45, 7) is 0.417. The van der Waals surface area contributed by atoms with Gasteiger partial charge in [-0.25, -0.2) is 9.97 Å². The third-order valence-electron chi connectivity index (χ3n) is 5.68. The zero-order valence-electron chi connectivity index (χ0n) is 18.1. The van der Waals surface area contributed by atoms with Gasteiger partial charge in [-0.05, 0) is 29.3 Å². The number of hydrogen-bond donors (Lipinski definition) is 2. The molecule has 5 rings (SSSR count). The van der Waals surface area contributed by atoms with Crippen LogP contribution in [0.2, 0.25) is 0 Å². The zero-order chi connectivity index (χ0) is 22.8. The average Bonchev–Trinajstić information content (AvgIpc) is 3.43. The molecule has 3 aromatic heterocycles. The van der Waals surface area contributed by atoms with Crippen molar-refractivity contribution in [2.45, 2.75) is 13.0 Å². The quantitative estimate of drug-likeness (QED) is 0.424. The molecule has 0 aliphatic rings. The Kier molecular flexibility index (Phi) is 5.32. The van der Waals surface area contributed by atoms with Crippen LogP contribution in [0.15, 0.2) is 79.4 Å². The van der Waals surface area contributed by atoms with Crippen LogP contribution in [-0.2, 0) is 20.0 Å². The van der Waals surface area contributed by atoms with Crippen LogP contribution in [0.25, 0.3) is 16.7 Å². The van der Waals surface area contributed by atoms with E-state index in [0.717, 1.165) is 28.0 Å². The average molecular weight is 438 g/mol. The Morgan fingerprint density at radius 3 is 2.58 bits per heavy atom. The van der Waals surface area contributed by atoms with Crippen molar-refractivity contribution < 1.29 is 4.79 Å². The number of carbonyl (C=O) groups excluding carboxylic acids is 1. The SMILES string of the molecule is Cn1ncc(C(=O)NCc2ccc(-n3cnc4c(N)nccc43)cc2)c1Cc1ccccc1. The van der Waals surface area contributed by atoms with E-state index in [0.29, 0.717) is 29.9 Å². The number of nitrogen functional groups attached to an aromatic ring is 1. The minimum Gasteiger partial charge on any atom is -0.382 e. The largest absolute Gasteiger partial charge is 0.382 e. The van der Waals surface area contributed by atoms with Gasteiger partial charge in [0, 0.05) is 31.9 Å². The van der Waals surface area contributed by atoms with Crippen molar-refractivity contribution in [3.8, 4) is 5.69 Å². The molecule has 1 amide bonds. The van der Waals surface area contributed by atoms with Crippen LogP contribution in [0.5, 0.6) is 0 Å². The van der Waals surface area contributed by atoms with E-state index in [2.05, 4.69) is 20.4 Å². The number of hydrogen-bond acceptors (Lipinski definition) is 5. The molecule has 0 atom stereocenters. The summed E-state index contributed by atoms with van der Waals surface area (Å²) in [5.41, 5.74) is 12.0. The fraction of sp³-hybridized carbons (Fsp3) is 0.120. The van der Waals surface area contributed by atoms with Gasteiger partial charge in [0.1, 0.15) is 11.8 Å². The van der Waals surface area contributed by atoms with Crippen molar-refractivity contribution in [1.82, 2.24) is 29.6 Å². The lowest BCUT2D eigenvalue weighted by atomic mass is 10.1. The van der Waals surface area contributed by atoms with E-state index in [1.807, 2.05) is 72.3 Å². The fourth-order valence-electron chi connectivity index (χ4n) is 3.87. The number of aromatic nitrogens is 5. The van der Waals surface area contributed by atoms with Gasteiger partial charge >= 0.3 is 0 Å². The topological polar surface area (TPSA) is 104 Å². The highest BCUT2D eigenvalue weighted by Gasteiger charge is 2.16. The lowest BCUT2D eigenvalue weighted by molar-refractivity contribution is 0.0950. The second kappa shape index (κ2) is 8.58. The lowest BCUT2D eigenvalue weighted by Crippen LogP contribution is -2.24. The number of anilines is 1. The minimum atomic E-state index is -0.137. The number of rotatable bonds is 6. The van der Waals surface area contributed by atoms with E-state index in [1.165, 1.54) is 0 Å². The van der Waals surface area contributed by atoms with Gasteiger partial charge in [0.25, 0.3) is 5.91 Å². The first-order valence-electron chi connectivity index (χ1n) is 10.6. The van der Waals surface area contributed by atoms with Crippen molar-refractivity contribution in [3.63, 3.8) is 0 Å². The van der Waals surface area contributed by atoms with E-state index >= 15 is 0 Å². The van der Waals surface area contributed by atoms with Crippen LogP contribution in [0.1, 0.15) is 27.2 Å². The number of imidazole rings is 1. The Bertz CT molecular complexity index is 1420. The molecule has 0 bridgehead atoms. The molecule has 2 aromatic carbocycles.